The number of pyridine rings is 1. The highest BCUT2D eigenvalue weighted by atomic mass is 19.4. The van der Waals surface area contributed by atoms with E-state index in [0.717, 1.165) is 18.7 Å². The van der Waals surface area contributed by atoms with Gasteiger partial charge in [0, 0.05) is 38.9 Å². The van der Waals surface area contributed by atoms with Gasteiger partial charge >= 0.3 is 6.18 Å². The van der Waals surface area contributed by atoms with Crippen LogP contribution in [0.25, 0.3) is 0 Å². The maximum absolute atomic E-state index is 12.6. The lowest BCUT2D eigenvalue weighted by Crippen LogP contribution is -2.56. The van der Waals surface area contributed by atoms with Crippen LogP contribution < -0.4 is 4.90 Å². The number of aromatic nitrogens is 1. The first-order valence-electron chi connectivity index (χ1n) is 8.29. The number of halogens is 3. The van der Waals surface area contributed by atoms with Crippen molar-refractivity contribution in [1.29, 1.82) is 0 Å². The molecule has 1 aromatic heterocycles. The molecule has 0 spiro atoms. The van der Waals surface area contributed by atoms with E-state index in [4.69, 9.17) is 0 Å². The fourth-order valence-corrected chi connectivity index (χ4v) is 3.52. The highest BCUT2D eigenvalue weighted by molar-refractivity contribution is 5.41. The number of anilines is 1. The minimum Gasteiger partial charge on any atom is -0.389 e. The van der Waals surface area contributed by atoms with Crippen molar-refractivity contribution in [3.05, 3.63) is 23.9 Å². The van der Waals surface area contributed by atoms with Crippen molar-refractivity contribution in [3.63, 3.8) is 0 Å². The van der Waals surface area contributed by atoms with Crippen LogP contribution in [0.4, 0.5) is 19.0 Å². The fraction of sp³-hybridized carbons (Fsp3) is 0.688. The molecule has 1 aromatic rings. The van der Waals surface area contributed by atoms with E-state index in [1.165, 1.54) is 6.07 Å². The van der Waals surface area contributed by atoms with Gasteiger partial charge in [-0.15, -0.1) is 0 Å². The maximum atomic E-state index is 12.6. The molecule has 3 heterocycles. The molecule has 0 radical (unpaired) electrons. The largest absolute Gasteiger partial charge is 0.417 e. The molecular weight excluding hydrogens is 339 g/mol. The maximum Gasteiger partial charge on any atom is 0.417 e. The molecule has 2 fully saturated rings. The number of hydrogen-bond donors (Lipinski definition) is 3. The normalized spacial score (nSPS) is 31.5. The van der Waals surface area contributed by atoms with E-state index in [1.807, 2.05) is 9.80 Å². The molecule has 0 bridgehead atoms. The van der Waals surface area contributed by atoms with Gasteiger partial charge in [0.1, 0.15) is 11.9 Å². The van der Waals surface area contributed by atoms with Crippen molar-refractivity contribution >= 4 is 5.82 Å². The summed E-state index contributed by atoms with van der Waals surface area (Å²) in [4.78, 5) is 7.78. The van der Waals surface area contributed by atoms with E-state index in [9.17, 15) is 28.5 Å². The summed E-state index contributed by atoms with van der Waals surface area (Å²) in [6.07, 6.45) is -5.75. The molecule has 2 aliphatic rings. The van der Waals surface area contributed by atoms with E-state index < -0.39 is 30.1 Å². The van der Waals surface area contributed by atoms with E-state index >= 15 is 0 Å². The predicted octanol–water partition coefficient (Wildman–Crippen LogP) is 0.325. The standard InChI is InChI=1S/C16H22F3N3O3/c17-16(18,19)11-1-2-14(20-5-11)22-4-3-10(7-22)6-21-8-12(23)15(25)13(24)9-21/h1-2,5,10,12-13,15,23-25H,3-4,6-9H2/t10-,12?,13?,15?/m0/s1. The Hall–Kier alpha value is -1.42. The second kappa shape index (κ2) is 7.06. The topological polar surface area (TPSA) is 80.1 Å². The van der Waals surface area contributed by atoms with Crippen LogP contribution >= 0.6 is 0 Å². The number of aliphatic hydroxyl groups is 3. The number of hydrogen-bond acceptors (Lipinski definition) is 6. The van der Waals surface area contributed by atoms with Gasteiger partial charge in [-0.25, -0.2) is 4.98 Å². The Labute approximate surface area is 143 Å². The summed E-state index contributed by atoms with van der Waals surface area (Å²) in [5.74, 6) is 0.781. The number of likely N-dealkylation sites (tertiary alicyclic amines) is 1. The van der Waals surface area contributed by atoms with Crippen molar-refractivity contribution in [3.8, 4) is 0 Å². The van der Waals surface area contributed by atoms with Crippen LogP contribution in [-0.4, -0.2) is 76.2 Å². The van der Waals surface area contributed by atoms with E-state index in [1.54, 1.807) is 0 Å². The van der Waals surface area contributed by atoms with E-state index in [2.05, 4.69) is 4.98 Å². The van der Waals surface area contributed by atoms with E-state index in [0.29, 0.717) is 38.5 Å². The molecule has 0 amide bonds. The third-order valence-corrected chi connectivity index (χ3v) is 4.88. The van der Waals surface area contributed by atoms with Gasteiger partial charge < -0.3 is 20.2 Å². The molecule has 140 valence electrons. The minimum atomic E-state index is -4.39. The second-order valence-corrected chi connectivity index (χ2v) is 6.85. The van der Waals surface area contributed by atoms with Gasteiger partial charge in [0.2, 0.25) is 0 Å². The molecule has 3 N–H and O–H groups in total. The van der Waals surface area contributed by atoms with Crippen LogP contribution in [0.2, 0.25) is 0 Å². The Morgan fingerprint density at radius 1 is 1.08 bits per heavy atom. The molecule has 0 aliphatic carbocycles. The van der Waals surface area contributed by atoms with Crippen LogP contribution in [0.15, 0.2) is 18.3 Å². The van der Waals surface area contributed by atoms with Crippen LogP contribution in [0.3, 0.4) is 0 Å². The predicted molar refractivity (Wildman–Crippen MR) is 84.0 cm³/mol. The van der Waals surface area contributed by atoms with Crippen LogP contribution in [0.1, 0.15) is 12.0 Å². The first-order valence-corrected chi connectivity index (χ1v) is 8.29. The summed E-state index contributed by atoms with van der Waals surface area (Å²) in [6, 6.07) is 2.42. The molecule has 2 saturated heterocycles. The lowest BCUT2D eigenvalue weighted by atomic mass is 10.00. The molecule has 0 aromatic carbocycles. The van der Waals surface area contributed by atoms with Crippen molar-refractivity contribution in [2.24, 2.45) is 5.92 Å². The van der Waals surface area contributed by atoms with Gasteiger partial charge in [-0.3, -0.25) is 4.90 Å². The molecule has 0 saturated carbocycles. The highest BCUT2D eigenvalue weighted by Crippen LogP contribution is 2.30. The van der Waals surface area contributed by atoms with Crippen molar-refractivity contribution in [2.75, 3.05) is 37.6 Å². The summed E-state index contributed by atoms with van der Waals surface area (Å²) in [5.41, 5.74) is -0.762. The molecular formula is C16H22F3N3O3. The quantitative estimate of drug-likeness (QED) is 0.720. The Morgan fingerprint density at radius 2 is 1.76 bits per heavy atom. The van der Waals surface area contributed by atoms with Crippen molar-refractivity contribution in [2.45, 2.75) is 30.9 Å². The smallest absolute Gasteiger partial charge is 0.389 e. The van der Waals surface area contributed by atoms with Gasteiger partial charge in [0.15, 0.2) is 0 Å². The van der Waals surface area contributed by atoms with E-state index in [-0.39, 0.29) is 5.92 Å². The average molecular weight is 361 g/mol. The van der Waals surface area contributed by atoms with Gasteiger partial charge in [0.05, 0.1) is 17.8 Å². The number of β-amino-alcohol motifs (C(OH)–C–C–N with tert-alkyl or cyclic N) is 2. The summed E-state index contributed by atoms with van der Waals surface area (Å²) in [5, 5.41) is 29.1. The second-order valence-electron chi connectivity index (χ2n) is 6.85. The third kappa shape index (κ3) is 4.22. The zero-order valence-corrected chi connectivity index (χ0v) is 13.6. The number of nitrogens with zero attached hydrogens (tertiary/aromatic N) is 3. The number of aliphatic hydroxyl groups excluding tert-OH is 3. The van der Waals surface area contributed by atoms with Crippen molar-refractivity contribution in [1.82, 2.24) is 9.88 Å². The zero-order valence-electron chi connectivity index (χ0n) is 13.6. The van der Waals surface area contributed by atoms with Crippen molar-refractivity contribution < 1.29 is 28.5 Å². The lowest BCUT2D eigenvalue weighted by Gasteiger charge is -2.37. The number of piperidine rings is 1. The third-order valence-electron chi connectivity index (χ3n) is 4.88. The molecule has 6 nitrogen and oxygen atoms in total. The van der Waals surface area contributed by atoms with Gasteiger partial charge in [-0.2, -0.15) is 13.2 Å². The zero-order chi connectivity index (χ0) is 18.2. The summed E-state index contributed by atoms with van der Waals surface area (Å²) >= 11 is 0. The summed E-state index contributed by atoms with van der Waals surface area (Å²) in [7, 11) is 0. The Bertz CT molecular complexity index is 572. The first-order chi connectivity index (χ1) is 11.7. The van der Waals surface area contributed by atoms with Gasteiger partial charge in [0.25, 0.3) is 0 Å². The highest BCUT2D eigenvalue weighted by Gasteiger charge is 2.35. The fourth-order valence-electron chi connectivity index (χ4n) is 3.52. The van der Waals surface area contributed by atoms with Crippen LogP contribution in [0.5, 0.6) is 0 Å². The van der Waals surface area contributed by atoms with Gasteiger partial charge in [-0.05, 0) is 24.5 Å². The van der Waals surface area contributed by atoms with Crippen LogP contribution in [-0.2, 0) is 6.18 Å². The Balaban J connectivity index is 1.55. The molecule has 2 unspecified atom stereocenters. The molecule has 25 heavy (non-hydrogen) atoms. The summed E-state index contributed by atoms with van der Waals surface area (Å²) in [6.45, 7) is 2.60. The minimum absolute atomic E-state index is 0.263. The molecule has 9 heteroatoms. The Kier molecular flexibility index (Phi) is 5.19. The first kappa shape index (κ1) is 18.4. The SMILES string of the molecule is OC1CN(C[C@@H]2CCN(c3ccc(C(F)(F)F)cn3)C2)CC(O)C1O. The molecule has 3 rings (SSSR count). The lowest BCUT2D eigenvalue weighted by molar-refractivity contribution is -0.137. The number of alkyl halides is 3. The Morgan fingerprint density at radius 3 is 2.32 bits per heavy atom. The summed E-state index contributed by atoms with van der Waals surface area (Å²) < 4.78 is 37.8. The average Bonchev–Trinajstić information content (AvgIpc) is 3.00. The monoisotopic (exact) mass is 361 g/mol. The van der Waals surface area contributed by atoms with Gasteiger partial charge in [-0.1, -0.05) is 0 Å². The number of rotatable bonds is 3. The van der Waals surface area contributed by atoms with Crippen LogP contribution in [0, 0.1) is 5.92 Å². The molecule has 3 atom stereocenters. The molecule has 2 aliphatic heterocycles.